The van der Waals surface area contributed by atoms with E-state index in [1.54, 1.807) is 0 Å². The monoisotopic (exact) mass is 366 g/mol. The molecule has 5 nitrogen and oxygen atoms in total. The number of fused-ring (bicyclic) bond motifs is 1. The van der Waals surface area contributed by atoms with Gasteiger partial charge in [0.15, 0.2) is 10.9 Å². The first-order valence-corrected chi connectivity index (χ1v) is 9.47. The second-order valence-electron chi connectivity index (χ2n) is 6.25. The zero-order valence-corrected chi connectivity index (χ0v) is 15.0. The topological polar surface area (TPSA) is 72.2 Å². The van der Waals surface area contributed by atoms with Gasteiger partial charge in [-0.2, -0.15) is 0 Å². The Morgan fingerprint density at radius 3 is 2.81 bits per heavy atom. The van der Waals surface area contributed by atoms with Crippen LogP contribution in [0.25, 0.3) is 11.3 Å². The predicted octanol–water partition coefficient (Wildman–Crippen LogP) is 4.49. The number of hydrogen-bond donors (Lipinski definition) is 1. The summed E-state index contributed by atoms with van der Waals surface area (Å²) in [5.41, 5.74) is 1.83. The number of Topliss-reactive ketones (excluding diaryl/α,β-unsaturated/α-hetero) is 1. The molecule has 0 saturated heterocycles. The normalized spacial score (nSPS) is 13.5. The number of amides is 1. The quantitative estimate of drug-likeness (QED) is 0.722. The summed E-state index contributed by atoms with van der Waals surface area (Å²) in [6.07, 6.45) is 3.04. The van der Waals surface area contributed by atoms with Gasteiger partial charge in [0.1, 0.15) is 11.5 Å². The lowest BCUT2D eigenvalue weighted by Gasteiger charge is -2.05. The van der Waals surface area contributed by atoms with Crippen molar-refractivity contribution < 1.29 is 14.0 Å². The van der Waals surface area contributed by atoms with Gasteiger partial charge in [-0.3, -0.25) is 9.59 Å². The Balaban J connectivity index is 1.35. The summed E-state index contributed by atoms with van der Waals surface area (Å²) in [6, 6.07) is 13.7. The van der Waals surface area contributed by atoms with E-state index in [9.17, 15) is 9.59 Å². The van der Waals surface area contributed by atoms with Gasteiger partial charge in [-0.25, -0.2) is 4.98 Å². The molecule has 6 heteroatoms. The van der Waals surface area contributed by atoms with Gasteiger partial charge in [0, 0.05) is 24.8 Å². The van der Waals surface area contributed by atoms with Crippen molar-refractivity contribution in [1.82, 2.24) is 4.98 Å². The first-order chi connectivity index (χ1) is 12.7. The number of nitrogens with one attached hydrogen (secondary N) is 1. The average Bonchev–Trinajstić information content (AvgIpc) is 3.28. The molecule has 1 aliphatic rings. The minimum Gasteiger partial charge on any atom is -0.461 e. The highest BCUT2D eigenvalue weighted by molar-refractivity contribution is 7.17. The van der Waals surface area contributed by atoms with Crippen LogP contribution in [0.4, 0.5) is 5.13 Å². The van der Waals surface area contributed by atoms with Crippen LogP contribution in [0.5, 0.6) is 0 Å². The zero-order chi connectivity index (χ0) is 17.9. The molecule has 0 fully saturated rings. The van der Waals surface area contributed by atoms with Crippen LogP contribution < -0.4 is 5.32 Å². The molecule has 1 N–H and O–H groups in total. The molecule has 0 bridgehead atoms. The Labute approximate surface area is 155 Å². The van der Waals surface area contributed by atoms with Crippen molar-refractivity contribution in [1.29, 1.82) is 0 Å². The van der Waals surface area contributed by atoms with E-state index < -0.39 is 0 Å². The van der Waals surface area contributed by atoms with E-state index in [1.165, 1.54) is 11.3 Å². The van der Waals surface area contributed by atoms with Crippen molar-refractivity contribution in [3.63, 3.8) is 0 Å². The van der Waals surface area contributed by atoms with Crippen LogP contribution >= 0.6 is 11.3 Å². The van der Waals surface area contributed by atoms with Crippen LogP contribution in [0.15, 0.2) is 46.9 Å². The van der Waals surface area contributed by atoms with Gasteiger partial charge >= 0.3 is 0 Å². The summed E-state index contributed by atoms with van der Waals surface area (Å²) >= 11 is 1.28. The number of benzene rings is 1. The Morgan fingerprint density at radius 1 is 1.15 bits per heavy atom. The maximum atomic E-state index is 12.2. The van der Waals surface area contributed by atoms with Gasteiger partial charge in [0.05, 0.1) is 10.6 Å². The van der Waals surface area contributed by atoms with E-state index >= 15 is 0 Å². The maximum Gasteiger partial charge on any atom is 0.226 e. The molecule has 1 amide bonds. The molecular weight excluding hydrogens is 348 g/mol. The van der Waals surface area contributed by atoms with Crippen LogP contribution in [0.2, 0.25) is 0 Å². The summed E-state index contributed by atoms with van der Waals surface area (Å²) in [4.78, 5) is 29.1. The van der Waals surface area contributed by atoms with Gasteiger partial charge in [0.2, 0.25) is 5.91 Å². The number of anilines is 1. The summed E-state index contributed by atoms with van der Waals surface area (Å²) < 4.78 is 5.81. The SMILES string of the molecule is O=C(CCc1ccc(-c2ccccc2)o1)Nc1nc2c(s1)C(=O)CCC2. The summed E-state index contributed by atoms with van der Waals surface area (Å²) in [7, 11) is 0. The molecule has 0 radical (unpaired) electrons. The minimum absolute atomic E-state index is 0.124. The van der Waals surface area contributed by atoms with Gasteiger partial charge in [0.25, 0.3) is 0 Å². The molecular formula is C20H18N2O3S. The number of aryl methyl sites for hydroxylation is 2. The van der Waals surface area contributed by atoms with Crippen molar-refractivity contribution in [2.24, 2.45) is 0 Å². The summed E-state index contributed by atoms with van der Waals surface area (Å²) in [6.45, 7) is 0. The molecule has 0 spiro atoms. The molecule has 132 valence electrons. The van der Waals surface area contributed by atoms with Gasteiger partial charge in [-0.1, -0.05) is 41.7 Å². The highest BCUT2D eigenvalue weighted by atomic mass is 32.1. The fraction of sp³-hybridized carbons (Fsp3) is 0.250. The van der Waals surface area contributed by atoms with Crippen molar-refractivity contribution in [3.8, 4) is 11.3 Å². The lowest BCUT2D eigenvalue weighted by Crippen LogP contribution is -2.12. The van der Waals surface area contributed by atoms with Crippen LogP contribution in [0.1, 0.15) is 40.4 Å². The molecule has 26 heavy (non-hydrogen) atoms. The Morgan fingerprint density at radius 2 is 2.00 bits per heavy atom. The van der Waals surface area contributed by atoms with E-state index in [4.69, 9.17) is 4.42 Å². The molecule has 0 atom stereocenters. The standard InChI is InChI=1S/C20H18N2O3S/c23-16-8-4-7-15-19(16)26-20(21-15)22-18(24)12-10-14-9-11-17(25-14)13-5-2-1-3-6-13/h1-3,5-6,9,11H,4,7-8,10,12H2,(H,21,22,24). The van der Waals surface area contributed by atoms with Gasteiger partial charge in [-0.15, -0.1) is 0 Å². The fourth-order valence-corrected chi connectivity index (χ4v) is 4.01. The lowest BCUT2D eigenvalue weighted by molar-refractivity contribution is -0.116. The average molecular weight is 366 g/mol. The number of thiazole rings is 1. The number of aromatic nitrogens is 1. The van der Waals surface area contributed by atoms with Crippen molar-refractivity contribution in [2.75, 3.05) is 5.32 Å². The second-order valence-corrected chi connectivity index (χ2v) is 7.25. The third-order valence-electron chi connectivity index (χ3n) is 4.33. The first-order valence-electron chi connectivity index (χ1n) is 8.66. The number of ketones is 1. The van der Waals surface area contributed by atoms with Crippen molar-refractivity contribution in [2.45, 2.75) is 32.1 Å². The Hall–Kier alpha value is -2.73. The molecule has 0 unspecified atom stereocenters. The second kappa shape index (κ2) is 7.25. The van der Waals surface area contributed by atoms with Crippen LogP contribution in [0.3, 0.4) is 0 Å². The minimum atomic E-state index is -0.124. The number of carbonyl (C=O) groups excluding carboxylic acids is 2. The molecule has 1 aromatic carbocycles. The lowest BCUT2D eigenvalue weighted by atomic mass is 10.0. The number of hydrogen-bond acceptors (Lipinski definition) is 5. The van der Waals surface area contributed by atoms with Crippen molar-refractivity contribution >= 4 is 28.2 Å². The van der Waals surface area contributed by atoms with E-state index in [0.29, 0.717) is 29.3 Å². The van der Waals surface area contributed by atoms with E-state index in [-0.39, 0.29) is 11.7 Å². The largest absolute Gasteiger partial charge is 0.461 e. The number of furan rings is 1. The molecule has 1 aliphatic carbocycles. The third-order valence-corrected chi connectivity index (χ3v) is 5.39. The molecule has 2 heterocycles. The Bertz CT molecular complexity index is 943. The molecule has 3 aromatic rings. The predicted molar refractivity (Wildman–Crippen MR) is 100 cm³/mol. The van der Waals surface area contributed by atoms with Gasteiger partial charge < -0.3 is 9.73 Å². The van der Waals surface area contributed by atoms with Crippen LogP contribution in [0, 0.1) is 0 Å². The van der Waals surface area contributed by atoms with Crippen LogP contribution in [-0.4, -0.2) is 16.7 Å². The fourth-order valence-electron chi connectivity index (χ4n) is 3.01. The smallest absolute Gasteiger partial charge is 0.226 e. The highest BCUT2D eigenvalue weighted by Gasteiger charge is 2.22. The van der Waals surface area contributed by atoms with Gasteiger partial charge in [-0.05, 0) is 25.0 Å². The van der Waals surface area contributed by atoms with Crippen LogP contribution in [-0.2, 0) is 17.6 Å². The number of rotatable bonds is 5. The number of nitrogens with zero attached hydrogens (tertiary/aromatic N) is 1. The maximum absolute atomic E-state index is 12.2. The third kappa shape index (κ3) is 3.60. The summed E-state index contributed by atoms with van der Waals surface area (Å²) in [5, 5.41) is 3.32. The van der Waals surface area contributed by atoms with Crippen molar-refractivity contribution in [3.05, 3.63) is 58.8 Å². The molecule has 0 saturated carbocycles. The molecule has 0 aliphatic heterocycles. The first kappa shape index (κ1) is 16.7. The Kier molecular flexibility index (Phi) is 4.67. The van der Waals surface area contributed by atoms with E-state index in [1.807, 2.05) is 42.5 Å². The zero-order valence-electron chi connectivity index (χ0n) is 14.2. The summed E-state index contributed by atoms with van der Waals surface area (Å²) in [5.74, 6) is 1.58. The molecule has 4 rings (SSSR count). The number of carbonyl (C=O) groups is 2. The van der Waals surface area contributed by atoms with E-state index in [2.05, 4.69) is 10.3 Å². The molecule has 2 aromatic heterocycles. The van der Waals surface area contributed by atoms with E-state index in [0.717, 1.165) is 35.6 Å². The highest BCUT2D eigenvalue weighted by Crippen LogP contribution is 2.29.